The lowest BCUT2D eigenvalue weighted by molar-refractivity contribution is -0.133. The van der Waals surface area contributed by atoms with Gasteiger partial charge in [-0.1, -0.05) is 17.7 Å². The first-order valence-electron chi connectivity index (χ1n) is 8.11. The van der Waals surface area contributed by atoms with Crippen molar-refractivity contribution in [2.45, 2.75) is 19.1 Å². The van der Waals surface area contributed by atoms with Crippen LogP contribution in [0.25, 0.3) is 0 Å². The van der Waals surface area contributed by atoms with Gasteiger partial charge < -0.3 is 19.5 Å². The molecule has 0 spiro atoms. The van der Waals surface area contributed by atoms with Crippen LogP contribution in [0.5, 0.6) is 17.2 Å². The maximum atomic E-state index is 12.2. The van der Waals surface area contributed by atoms with Gasteiger partial charge in [0.1, 0.15) is 11.0 Å². The molecule has 1 amide bonds. The molecule has 26 heavy (non-hydrogen) atoms. The average molecular weight is 373 g/mol. The molecule has 0 aromatic heterocycles. The zero-order chi connectivity index (χ0) is 18.5. The molecule has 1 atom stereocenters. The quantitative estimate of drug-likeness (QED) is 0.618. The summed E-state index contributed by atoms with van der Waals surface area (Å²) in [5, 5.41) is 2.32. The second-order valence-electron chi connectivity index (χ2n) is 5.80. The Morgan fingerprint density at radius 3 is 2.65 bits per heavy atom. The summed E-state index contributed by atoms with van der Waals surface area (Å²) < 4.78 is 15.8. The Labute approximate surface area is 155 Å². The monoisotopic (exact) mass is 373 g/mol. The van der Waals surface area contributed by atoms with Gasteiger partial charge in [0.25, 0.3) is 0 Å². The summed E-state index contributed by atoms with van der Waals surface area (Å²) in [7, 11) is 0. The van der Waals surface area contributed by atoms with E-state index in [9.17, 15) is 9.59 Å². The van der Waals surface area contributed by atoms with Crippen LogP contribution in [0.2, 0.25) is 0 Å². The Hall–Kier alpha value is -2.67. The normalized spacial score (nSPS) is 13.2. The number of hydrogen-bond donors (Lipinski definition) is 1. The molecule has 0 unspecified atom stereocenters. The smallest absolute Gasteiger partial charge is 0.324 e. The number of amides is 1. The van der Waals surface area contributed by atoms with E-state index in [2.05, 4.69) is 5.32 Å². The predicted octanol–water partition coefficient (Wildman–Crippen LogP) is 3.39. The lowest BCUT2D eigenvalue weighted by atomic mass is 10.2. The van der Waals surface area contributed by atoms with Crippen LogP contribution in [0.3, 0.4) is 0 Å². The van der Waals surface area contributed by atoms with Crippen molar-refractivity contribution in [3.05, 3.63) is 48.0 Å². The zero-order valence-electron chi connectivity index (χ0n) is 14.5. The maximum absolute atomic E-state index is 12.2. The number of aryl methyl sites for hydroxylation is 1. The molecule has 1 N–H and O–H groups in total. The number of ether oxygens (including phenoxy) is 3. The molecule has 136 valence electrons. The van der Waals surface area contributed by atoms with Gasteiger partial charge in [-0.2, -0.15) is 0 Å². The van der Waals surface area contributed by atoms with Gasteiger partial charge in [0.15, 0.2) is 11.5 Å². The summed E-state index contributed by atoms with van der Waals surface area (Å²) in [4.78, 5) is 24.2. The number of rotatable bonds is 6. The van der Waals surface area contributed by atoms with Crippen molar-refractivity contribution in [1.29, 1.82) is 0 Å². The summed E-state index contributed by atoms with van der Waals surface area (Å²) in [6, 6.07) is 12.5. The van der Waals surface area contributed by atoms with Gasteiger partial charge in [0.05, 0.1) is 5.75 Å². The van der Waals surface area contributed by atoms with Gasteiger partial charge in [0.2, 0.25) is 12.7 Å². The molecule has 1 aliphatic rings. The van der Waals surface area contributed by atoms with Crippen LogP contribution >= 0.6 is 11.8 Å². The largest absolute Gasteiger partial charge is 0.454 e. The molecule has 0 saturated carbocycles. The van der Waals surface area contributed by atoms with Gasteiger partial charge in [-0.25, -0.2) is 0 Å². The lowest BCUT2D eigenvalue weighted by Gasteiger charge is -2.11. The third-order valence-corrected chi connectivity index (χ3v) is 4.82. The number of carbonyl (C=O) groups is 2. The van der Waals surface area contributed by atoms with Crippen molar-refractivity contribution in [2.75, 3.05) is 17.9 Å². The van der Waals surface area contributed by atoms with E-state index in [1.54, 1.807) is 25.1 Å². The van der Waals surface area contributed by atoms with E-state index >= 15 is 0 Å². The summed E-state index contributed by atoms with van der Waals surface area (Å²) in [5.41, 5.74) is 1.86. The fourth-order valence-electron chi connectivity index (χ4n) is 2.24. The standard InChI is InChI=1S/C19H19NO5S/c1-12-3-5-14(6-4-12)20-18(21)10-26-13(2)19(22)25-15-7-8-16-17(9-15)24-11-23-16/h3-9,13H,10-11H2,1-2H3,(H,20,21)/t13-/m0/s1. The number of esters is 1. The second-order valence-corrected chi connectivity index (χ2v) is 7.13. The highest BCUT2D eigenvalue weighted by Crippen LogP contribution is 2.35. The van der Waals surface area contributed by atoms with Crippen LogP contribution in [0.15, 0.2) is 42.5 Å². The van der Waals surface area contributed by atoms with Crippen LogP contribution in [0, 0.1) is 6.92 Å². The van der Waals surface area contributed by atoms with Crippen molar-refractivity contribution < 1.29 is 23.8 Å². The molecule has 0 saturated heterocycles. The summed E-state index contributed by atoms with van der Waals surface area (Å²) in [6.45, 7) is 3.85. The Balaban J connectivity index is 1.46. The number of anilines is 1. The first-order chi connectivity index (χ1) is 12.5. The summed E-state index contributed by atoms with van der Waals surface area (Å²) >= 11 is 1.22. The first-order valence-corrected chi connectivity index (χ1v) is 9.15. The van der Waals surface area contributed by atoms with Crippen LogP contribution in [-0.2, 0) is 9.59 Å². The zero-order valence-corrected chi connectivity index (χ0v) is 15.3. The van der Waals surface area contributed by atoms with E-state index < -0.39 is 11.2 Å². The molecule has 2 aromatic carbocycles. The van der Waals surface area contributed by atoms with E-state index in [-0.39, 0.29) is 18.5 Å². The topological polar surface area (TPSA) is 73.9 Å². The third kappa shape index (κ3) is 4.70. The van der Waals surface area contributed by atoms with Crippen LogP contribution in [0.4, 0.5) is 5.69 Å². The van der Waals surface area contributed by atoms with Crippen molar-refractivity contribution in [1.82, 2.24) is 0 Å². The van der Waals surface area contributed by atoms with Gasteiger partial charge in [-0.05, 0) is 38.1 Å². The number of fused-ring (bicyclic) bond motifs is 1. The van der Waals surface area contributed by atoms with Gasteiger partial charge in [-0.3, -0.25) is 9.59 Å². The van der Waals surface area contributed by atoms with Gasteiger partial charge in [0, 0.05) is 11.8 Å². The Morgan fingerprint density at radius 2 is 1.88 bits per heavy atom. The molecular weight excluding hydrogens is 354 g/mol. The number of thioether (sulfide) groups is 1. The van der Waals surface area contributed by atoms with Crippen LogP contribution in [-0.4, -0.2) is 29.7 Å². The van der Waals surface area contributed by atoms with Crippen LogP contribution < -0.4 is 19.5 Å². The average Bonchev–Trinajstić information content (AvgIpc) is 3.09. The summed E-state index contributed by atoms with van der Waals surface area (Å²) in [6.07, 6.45) is 0. The SMILES string of the molecule is Cc1ccc(NC(=O)CS[C@@H](C)C(=O)Oc2ccc3c(c2)OCO3)cc1. The Bertz CT molecular complexity index is 806. The third-order valence-electron chi connectivity index (χ3n) is 3.69. The molecule has 2 aromatic rings. The molecule has 7 heteroatoms. The molecule has 1 aliphatic heterocycles. The van der Waals surface area contributed by atoms with Crippen molar-refractivity contribution in [3.8, 4) is 17.2 Å². The van der Waals surface area contributed by atoms with Gasteiger partial charge in [-0.15, -0.1) is 11.8 Å². The number of nitrogens with one attached hydrogen (secondary N) is 1. The highest BCUT2D eigenvalue weighted by molar-refractivity contribution is 8.01. The highest BCUT2D eigenvalue weighted by Gasteiger charge is 2.20. The fourth-order valence-corrected chi connectivity index (χ4v) is 2.90. The van der Waals surface area contributed by atoms with E-state index in [4.69, 9.17) is 14.2 Å². The minimum atomic E-state index is -0.482. The summed E-state index contributed by atoms with van der Waals surface area (Å²) in [5.74, 6) is 1.13. The fraction of sp³-hybridized carbons (Fsp3) is 0.263. The number of carbonyl (C=O) groups excluding carboxylic acids is 2. The number of benzene rings is 2. The molecule has 0 fully saturated rings. The van der Waals surface area contributed by atoms with E-state index in [1.807, 2.05) is 31.2 Å². The lowest BCUT2D eigenvalue weighted by Crippen LogP contribution is -2.23. The number of hydrogen-bond acceptors (Lipinski definition) is 6. The minimum absolute atomic E-state index is 0.158. The maximum Gasteiger partial charge on any atom is 0.324 e. The molecule has 3 rings (SSSR count). The molecule has 0 aliphatic carbocycles. The van der Waals surface area contributed by atoms with E-state index in [1.165, 1.54) is 11.8 Å². The van der Waals surface area contributed by atoms with Crippen molar-refractivity contribution in [2.24, 2.45) is 0 Å². The molecule has 0 radical (unpaired) electrons. The molecular formula is C19H19NO5S. The van der Waals surface area contributed by atoms with E-state index in [0.717, 1.165) is 11.3 Å². The Morgan fingerprint density at radius 1 is 1.15 bits per heavy atom. The van der Waals surface area contributed by atoms with Crippen molar-refractivity contribution in [3.63, 3.8) is 0 Å². The Kier molecular flexibility index (Phi) is 5.68. The predicted molar refractivity (Wildman–Crippen MR) is 99.9 cm³/mol. The molecule has 1 heterocycles. The first kappa shape index (κ1) is 18.1. The van der Waals surface area contributed by atoms with Crippen LogP contribution in [0.1, 0.15) is 12.5 Å². The molecule has 0 bridgehead atoms. The van der Waals surface area contributed by atoms with Crippen molar-refractivity contribution >= 4 is 29.3 Å². The van der Waals surface area contributed by atoms with E-state index in [0.29, 0.717) is 17.2 Å². The molecule has 6 nitrogen and oxygen atoms in total. The highest BCUT2D eigenvalue weighted by atomic mass is 32.2. The minimum Gasteiger partial charge on any atom is -0.454 e. The van der Waals surface area contributed by atoms with Gasteiger partial charge >= 0.3 is 5.97 Å². The second kappa shape index (κ2) is 8.14.